The summed E-state index contributed by atoms with van der Waals surface area (Å²) >= 11 is 0. The molecule has 1 saturated heterocycles. The Bertz CT molecular complexity index is 1830. The van der Waals surface area contributed by atoms with E-state index in [2.05, 4.69) is 6.08 Å². The predicted molar refractivity (Wildman–Crippen MR) is 153 cm³/mol. The van der Waals surface area contributed by atoms with Gasteiger partial charge in [0.15, 0.2) is 12.4 Å². The minimum Gasteiger partial charge on any atom is -0.454 e. The Morgan fingerprint density at radius 3 is 2.43 bits per heavy atom. The summed E-state index contributed by atoms with van der Waals surface area (Å²) in [6.07, 6.45) is 3.03. The Morgan fingerprint density at radius 2 is 1.67 bits per heavy atom. The van der Waals surface area contributed by atoms with Crippen LogP contribution in [-0.2, 0) is 14.3 Å². The van der Waals surface area contributed by atoms with Gasteiger partial charge in [-0.3, -0.25) is 19.3 Å². The lowest BCUT2D eigenvalue weighted by molar-refractivity contribution is -0.123. The molecule has 4 unspecified atom stereocenters. The van der Waals surface area contributed by atoms with Gasteiger partial charge in [0.1, 0.15) is 5.82 Å². The highest BCUT2D eigenvalue weighted by atomic mass is 19.1. The maximum atomic E-state index is 13.3. The van der Waals surface area contributed by atoms with Crippen LogP contribution in [0.25, 0.3) is 22.2 Å². The molecule has 208 valence electrons. The van der Waals surface area contributed by atoms with E-state index in [1.165, 1.54) is 34.7 Å². The van der Waals surface area contributed by atoms with Gasteiger partial charge in [0.25, 0.3) is 0 Å². The first-order chi connectivity index (χ1) is 20.3. The molecule has 7 nitrogen and oxygen atoms in total. The highest BCUT2D eigenvalue weighted by molar-refractivity contribution is 6.23. The smallest absolute Gasteiger partial charge is 0.339 e. The number of imide groups is 1. The molecule has 3 aliphatic rings. The van der Waals surface area contributed by atoms with Gasteiger partial charge in [-0.25, -0.2) is 14.2 Å². The number of ether oxygens (including phenoxy) is 1. The van der Waals surface area contributed by atoms with Crippen molar-refractivity contribution < 1.29 is 28.3 Å². The molecule has 0 N–H and O–H groups in total. The zero-order chi connectivity index (χ0) is 29.1. The Hall–Kier alpha value is -4.98. The maximum Gasteiger partial charge on any atom is 0.339 e. The molecule has 2 fully saturated rings. The predicted octanol–water partition coefficient (Wildman–Crippen LogP) is 5.78. The highest BCUT2D eigenvalue weighted by Crippen LogP contribution is 2.55. The zero-order valence-corrected chi connectivity index (χ0v) is 22.6. The van der Waals surface area contributed by atoms with Crippen LogP contribution in [0, 0.1) is 29.5 Å². The van der Waals surface area contributed by atoms with Crippen LogP contribution >= 0.6 is 0 Å². The molecule has 2 heterocycles. The minimum atomic E-state index is -0.694. The van der Waals surface area contributed by atoms with Crippen molar-refractivity contribution >= 4 is 40.2 Å². The molecule has 7 rings (SSSR count). The average molecular weight is 561 g/mol. The Kier molecular flexibility index (Phi) is 6.08. The SMILES string of the molecule is CC1=CC2CC1C1C(=O)N(c3ccc(-c4cc(C(=O)OCC(=O)c5ccc(F)cc5)c5ccccc5n4)cc3)C(=O)C21. The lowest BCUT2D eigenvalue weighted by atomic mass is 9.82. The van der Waals surface area contributed by atoms with Gasteiger partial charge in [-0.2, -0.15) is 0 Å². The van der Waals surface area contributed by atoms with E-state index in [0.29, 0.717) is 27.8 Å². The second kappa shape index (κ2) is 9.83. The Balaban J connectivity index is 1.14. The summed E-state index contributed by atoms with van der Waals surface area (Å²) < 4.78 is 18.6. The Labute approximate surface area is 240 Å². The molecular formula is C34H25FN2O5. The fraction of sp³-hybridized carbons (Fsp3) is 0.206. The van der Waals surface area contributed by atoms with Crippen LogP contribution < -0.4 is 4.90 Å². The zero-order valence-electron chi connectivity index (χ0n) is 22.6. The van der Waals surface area contributed by atoms with Crippen LogP contribution in [0.1, 0.15) is 34.1 Å². The van der Waals surface area contributed by atoms with E-state index in [0.717, 1.165) is 6.42 Å². The largest absolute Gasteiger partial charge is 0.454 e. The molecule has 0 spiro atoms. The summed E-state index contributed by atoms with van der Waals surface area (Å²) in [4.78, 5) is 58.3. The number of hydrogen-bond donors (Lipinski definition) is 0. The number of benzene rings is 3. The number of anilines is 1. The van der Waals surface area contributed by atoms with Gasteiger partial charge in [0, 0.05) is 16.5 Å². The molecule has 1 saturated carbocycles. The van der Waals surface area contributed by atoms with Crippen molar-refractivity contribution in [2.45, 2.75) is 13.3 Å². The van der Waals surface area contributed by atoms with Crippen molar-refractivity contribution in [1.82, 2.24) is 4.98 Å². The van der Waals surface area contributed by atoms with Crippen LogP contribution in [0.5, 0.6) is 0 Å². The molecule has 42 heavy (non-hydrogen) atoms. The van der Waals surface area contributed by atoms with E-state index in [1.807, 2.05) is 6.92 Å². The third-order valence-corrected chi connectivity index (χ3v) is 8.74. The number of carbonyl (C=O) groups excluding carboxylic acids is 4. The number of ketones is 1. The normalized spacial score (nSPS) is 22.4. The van der Waals surface area contributed by atoms with Gasteiger partial charge in [-0.05, 0) is 73.7 Å². The molecule has 2 amide bonds. The standard InChI is InChI=1S/C34H25FN2O5/c1-18-14-21-15-25(18)31-30(21)32(39)37(33(31)40)23-12-8-19(9-13-23)28-16-26(24-4-2-3-5-27(24)36-28)34(41)42-17-29(38)20-6-10-22(35)11-7-20/h2-14,16,21,25,30-31H,15,17H2,1H3. The van der Waals surface area contributed by atoms with Gasteiger partial charge in [-0.15, -0.1) is 0 Å². The number of fused-ring (bicyclic) bond motifs is 6. The summed E-state index contributed by atoms with van der Waals surface area (Å²) in [5.74, 6) is -2.17. The van der Waals surface area contributed by atoms with E-state index >= 15 is 0 Å². The van der Waals surface area contributed by atoms with Crippen LogP contribution in [0.3, 0.4) is 0 Å². The third-order valence-electron chi connectivity index (χ3n) is 8.74. The average Bonchev–Trinajstić information content (AvgIpc) is 3.65. The first kappa shape index (κ1) is 26.0. The number of nitrogens with zero attached hydrogens (tertiary/aromatic N) is 2. The van der Waals surface area contributed by atoms with Crippen molar-refractivity contribution in [3.8, 4) is 11.3 Å². The van der Waals surface area contributed by atoms with Crippen LogP contribution in [0.2, 0.25) is 0 Å². The molecule has 8 heteroatoms. The summed E-state index contributed by atoms with van der Waals surface area (Å²) in [7, 11) is 0. The first-order valence-electron chi connectivity index (χ1n) is 13.8. The fourth-order valence-electron chi connectivity index (χ4n) is 6.73. The maximum absolute atomic E-state index is 13.3. The van der Waals surface area contributed by atoms with Crippen LogP contribution in [0.15, 0.2) is 90.5 Å². The molecule has 2 bridgehead atoms. The molecule has 4 atom stereocenters. The van der Waals surface area contributed by atoms with Crippen LogP contribution in [-0.4, -0.2) is 35.2 Å². The fourth-order valence-corrected chi connectivity index (χ4v) is 6.73. The van der Waals surface area contributed by atoms with Gasteiger partial charge >= 0.3 is 5.97 Å². The summed E-state index contributed by atoms with van der Waals surface area (Å²) in [6.45, 7) is 1.54. The molecule has 1 aliphatic heterocycles. The molecule has 1 aromatic heterocycles. The number of amides is 2. The number of Topliss-reactive ketones (excluding diaryl/α,β-unsaturated/α-hetero) is 1. The summed E-state index contributed by atoms with van der Waals surface area (Å²) in [5, 5.41) is 0.565. The quantitative estimate of drug-likeness (QED) is 0.128. The van der Waals surface area contributed by atoms with Gasteiger partial charge in [0.05, 0.1) is 34.3 Å². The number of allylic oxidation sites excluding steroid dienone is 2. The summed E-state index contributed by atoms with van der Waals surface area (Å²) in [5.41, 5.74) is 3.93. The van der Waals surface area contributed by atoms with E-state index in [9.17, 15) is 23.6 Å². The van der Waals surface area contributed by atoms with E-state index in [-0.39, 0.29) is 46.6 Å². The second-order valence-electron chi connectivity index (χ2n) is 11.1. The van der Waals surface area contributed by atoms with Gasteiger partial charge < -0.3 is 4.74 Å². The lowest BCUT2D eigenvalue weighted by Crippen LogP contribution is -2.32. The minimum absolute atomic E-state index is 0.131. The topological polar surface area (TPSA) is 93.6 Å². The van der Waals surface area contributed by atoms with Crippen LogP contribution in [0.4, 0.5) is 10.1 Å². The number of esters is 1. The Morgan fingerprint density at radius 1 is 0.952 bits per heavy atom. The number of para-hydroxylation sites is 1. The molecule has 0 radical (unpaired) electrons. The second-order valence-corrected chi connectivity index (χ2v) is 11.1. The summed E-state index contributed by atoms with van der Waals surface area (Å²) in [6, 6.07) is 20.7. The first-order valence-corrected chi connectivity index (χ1v) is 13.8. The number of halogens is 1. The number of pyridine rings is 1. The van der Waals surface area contributed by atoms with Crippen molar-refractivity contribution in [3.63, 3.8) is 0 Å². The third kappa shape index (κ3) is 4.13. The molecular weight excluding hydrogens is 535 g/mol. The van der Waals surface area contributed by atoms with E-state index < -0.39 is 24.2 Å². The van der Waals surface area contributed by atoms with Crippen molar-refractivity contribution in [2.24, 2.45) is 23.7 Å². The van der Waals surface area contributed by atoms with E-state index in [4.69, 9.17) is 9.72 Å². The highest BCUT2D eigenvalue weighted by Gasteiger charge is 2.60. The molecule has 2 aliphatic carbocycles. The lowest BCUT2D eigenvalue weighted by Gasteiger charge is -2.19. The van der Waals surface area contributed by atoms with Crippen molar-refractivity contribution in [3.05, 3.63) is 107 Å². The van der Waals surface area contributed by atoms with Crippen molar-refractivity contribution in [2.75, 3.05) is 11.5 Å². The van der Waals surface area contributed by atoms with Gasteiger partial charge in [0.2, 0.25) is 11.8 Å². The number of rotatable bonds is 6. The number of carbonyl (C=O) groups is 4. The number of hydrogen-bond acceptors (Lipinski definition) is 6. The van der Waals surface area contributed by atoms with Crippen molar-refractivity contribution in [1.29, 1.82) is 0 Å². The molecule has 3 aromatic carbocycles. The number of aromatic nitrogens is 1. The van der Waals surface area contributed by atoms with Gasteiger partial charge in [-0.1, -0.05) is 42.0 Å². The monoisotopic (exact) mass is 560 g/mol. The van der Waals surface area contributed by atoms with E-state index in [1.54, 1.807) is 54.6 Å². The molecule has 4 aromatic rings.